The molecular weight excluding hydrogens is 160 g/mol. The largest absolute Gasteiger partial charge is 0.461 e. The van der Waals surface area contributed by atoms with E-state index < -0.39 is 11.7 Å². The monoisotopic (exact) mass is 168 g/mol. The zero-order valence-corrected chi connectivity index (χ0v) is 6.53. The van der Waals surface area contributed by atoms with Crippen LogP contribution in [0.4, 0.5) is 0 Å². The molecule has 0 amide bonds. The summed E-state index contributed by atoms with van der Waals surface area (Å²) in [6.45, 7) is 1.97. The molecule has 0 aliphatic rings. The van der Waals surface area contributed by atoms with E-state index in [1.165, 1.54) is 12.3 Å². The molecule has 0 fully saturated rings. The fourth-order valence-electron chi connectivity index (χ4n) is 0.697. The lowest BCUT2D eigenvalue weighted by Crippen LogP contribution is -2.16. The van der Waals surface area contributed by atoms with Gasteiger partial charge < -0.3 is 4.74 Å². The summed E-state index contributed by atoms with van der Waals surface area (Å²) in [6.07, 6.45) is 1.26. The minimum atomic E-state index is -0.555. The van der Waals surface area contributed by atoms with Gasteiger partial charge in [0.25, 0.3) is 0 Å². The van der Waals surface area contributed by atoms with E-state index in [2.05, 4.69) is 14.7 Å². The number of aromatic amines is 1. The number of aromatic nitrogens is 2. The molecule has 0 spiro atoms. The molecule has 0 saturated heterocycles. The highest BCUT2D eigenvalue weighted by atomic mass is 16.5. The Morgan fingerprint density at radius 1 is 1.75 bits per heavy atom. The Labute approximate surface area is 68.4 Å². The third-order valence-corrected chi connectivity index (χ3v) is 1.17. The van der Waals surface area contributed by atoms with E-state index in [-0.39, 0.29) is 12.3 Å². The highest BCUT2D eigenvalue weighted by Crippen LogP contribution is 1.91. The number of H-pyrrole nitrogens is 1. The Kier molecular flexibility index (Phi) is 2.57. The molecule has 0 aromatic carbocycles. The minimum Gasteiger partial charge on any atom is -0.461 e. The van der Waals surface area contributed by atoms with Crippen molar-refractivity contribution in [1.29, 1.82) is 0 Å². The second kappa shape index (κ2) is 3.66. The van der Waals surface area contributed by atoms with Crippen molar-refractivity contribution < 1.29 is 9.53 Å². The number of nitrogens with one attached hydrogen (secondary N) is 1. The van der Waals surface area contributed by atoms with Crippen molar-refractivity contribution in [1.82, 2.24) is 9.97 Å². The van der Waals surface area contributed by atoms with Gasteiger partial charge in [0.2, 0.25) is 0 Å². The van der Waals surface area contributed by atoms with Crippen LogP contribution in [0, 0.1) is 0 Å². The number of esters is 1. The van der Waals surface area contributed by atoms with E-state index >= 15 is 0 Å². The van der Waals surface area contributed by atoms with Crippen molar-refractivity contribution in [2.45, 2.75) is 6.92 Å². The van der Waals surface area contributed by atoms with Crippen LogP contribution in [0.25, 0.3) is 0 Å². The van der Waals surface area contributed by atoms with E-state index in [9.17, 15) is 9.59 Å². The average Bonchev–Trinajstić information content (AvgIpc) is 2.05. The van der Waals surface area contributed by atoms with Gasteiger partial charge in [-0.15, -0.1) is 0 Å². The maximum atomic E-state index is 11.0. The van der Waals surface area contributed by atoms with Gasteiger partial charge in [-0.2, -0.15) is 0 Å². The van der Waals surface area contributed by atoms with E-state index in [4.69, 9.17) is 0 Å². The summed E-state index contributed by atoms with van der Waals surface area (Å²) in [5, 5.41) is 0. The minimum absolute atomic E-state index is 0.122. The standard InChI is InChI=1S/C7H8N2O3/c1-2-12-6(10)5-3-4-8-7(11)9-5/h3-4H,2H2,1H3,(H,8,9,11). The van der Waals surface area contributed by atoms with Crippen LogP contribution in [0.3, 0.4) is 0 Å². The predicted octanol–water partition coefficient (Wildman–Crippen LogP) is -0.0534. The first-order valence-electron chi connectivity index (χ1n) is 3.46. The van der Waals surface area contributed by atoms with Crippen LogP contribution < -0.4 is 5.69 Å². The molecule has 0 bridgehead atoms. The lowest BCUT2D eigenvalue weighted by molar-refractivity contribution is 0.0519. The molecule has 0 radical (unpaired) electrons. The molecule has 64 valence electrons. The molecular formula is C7H8N2O3. The normalized spacial score (nSPS) is 9.42. The van der Waals surface area contributed by atoms with E-state index in [0.717, 1.165) is 0 Å². The van der Waals surface area contributed by atoms with E-state index in [1.54, 1.807) is 6.92 Å². The third-order valence-electron chi connectivity index (χ3n) is 1.17. The first kappa shape index (κ1) is 8.45. The summed E-state index contributed by atoms with van der Waals surface area (Å²) in [6, 6.07) is 1.39. The molecule has 1 rings (SSSR count). The SMILES string of the molecule is CCOC(=O)c1ccnc(=O)[nH]1. The van der Waals surface area contributed by atoms with Crippen molar-refractivity contribution in [2.75, 3.05) is 6.61 Å². The van der Waals surface area contributed by atoms with E-state index in [0.29, 0.717) is 0 Å². The number of carbonyl (C=O) groups excluding carboxylic acids is 1. The fraction of sp³-hybridized carbons (Fsp3) is 0.286. The van der Waals surface area contributed by atoms with Crippen LogP contribution in [0.5, 0.6) is 0 Å². The van der Waals surface area contributed by atoms with E-state index in [1.807, 2.05) is 0 Å². The van der Waals surface area contributed by atoms with Crippen LogP contribution in [-0.4, -0.2) is 22.5 Å². The van der Waals surface area contributed by atoms with Gasteiger partial charge in [0.1, 0.15) is 5.69 Å². The van der Waals surface area contributed by atoms with Gasteiger partial charge in [0.05, 0.1) is 6.61 Å². The van der Waals surface area contributed by atoms with Gasteiger partial charge in [-0.25, -0.2) is 14.6 Å². The predicted molar refractivity (Wildman–Crippen MR) is 40.8 cm³/mol. The number of carbonyl (C=O) groups is 1. The Morgan fingerprint density at radius 2 is 2.50 bits per heavy atom. The second-order valence-corrected chi connectivity index (χ2v) is 2.01. The quantitative estimate of drug-likeness (QED) is 0.628. The molecule has 12 heavy (non-hydrogen) atoms. The smallest absolute Gasteiger partial charge is 0.354 e. The number of hydrogen-bond acceptors (Lipinski definition) is 4. The summed E-state index contributed by atoms with van der Waals surface area (Å²) in [4.78, 5) is 27.2. The Balaban J connectivity index is 2.88. The molecule has 5 nitrogen and oxygen atoms in total. The molecule has 5 heteroatoms. The van der Waals surface area contributed by atoms with Crippen molar-refractivity contribution >= 4 is 5.97 Å². The second-order valence-electron chi connectivity index (χ2n) is 2.01. The van der Waals surface area contributed by atoms with Crippen molar-refractivity contribution in [2.24, 2.45) is 0 Å². The fourth-order valence-corrected chi connectivity index (χ4v) is 0.697. The van der Waals surface area contributed by atoms with Gasteiger partial charge in [-0.05, 0) is 13.0 Å². The van der Waals surface area contributed by atoms with Crippen molar-refractivity contribution in [3.05, 3.63) is 28.4 Å². The topological polar surface area (TPSA) is 72.0 Å². The number of rotatable bonds is 2. The lowest BCUT2D eigenvalue weighted by atomic mass is 10.4. The zero-order chi connectivity index (χ0) is 8.97. The van der Waals surface area contributed by atoms with Crippen LogP contribution in [0.1, 0.15) is 17.4 Å². The summed E-state index contributed by atoms with van der Waals surface area (Å²) in [5.41, 5.74) is -0.433. The van der Waals surface area contributed by atoms with Crippen LogP contribution in [0.2, 0.25) is 0 Å². The first-order chi connectivity index (χ1) is 5.74. The van der Waals surface area contributed by atoms with Crippen LogP contribution >= 0.6 is 0 Å². The van der Waals surface area contributed by atoms with Crippen molar-refractivity contribution in [3.63, 3.8) is 0 Å². The molecule has 0 saturated carbocycles. The van der Waals surface area contributed by atoms with Crippen LogP contribution in [-0.2, 0) is 4.74 Å². The van der Waals surface area contributed by atoms with Gasteiger partial charge in [0, 0.05) is 6.20 Å². The van der Waals surface area contributed by atoms with Crippen LogP contribution in [0.15, 0.2) is 17.1 Å². The number of nitrogens with zero attached hydrogens (tertiary/aromatic N) is 1. The van der Waals surface area contributed by atoms with Crippen molar-refractivity contribution in [3.8, 4) is 0 Å². The average molecular weight is 168 g/mol. The lowest BCUT2D eigenvalue weighted by Gasteiger charge is -1.98. The Bertz CT molecular complexity index is 331. The maximum absolute atomic E-state index is 11.0. The highest BCUT2D eigenvalue weighted by Gasteiger charge is 2.05. The summed E-state index contributed by atoms with van der Waals surface area (Å²) >= 11 is 0. The number of ether oxygens (including phenoxy) is 1. The highest BCUT2D eigenvalue weighted by molar-refractivity contribution is 5.86. The van der Waals surface area contributed by atoms with Gasteiger partial charge >= 0.3 is 11.7 Å². The van der Waals surface area contributed by atoms with Gasteiger partial charge in [-0.1, -0.05) is 0 Å². The molecule has 0 aliphatic heterocycles. The molecule has 0 atom stereocenters. The molecule has 1 aromatic heterocycles. The summed E-state index contributed by atoms with van der Waals surface area (Å²) in [5.74, 6) is -0.544. The molecule has 1 heterocycles. The van der Waals surface area contributed by atoms with Gasteiger partial charge in [-0.3, -0.25) is 4.98 Å². The number of hydrogen-bond donors (Lipinski definition) is 1. The third kappa shape index (κ3) is 1.91. The Hall–Kier alpha value is -1.65. The first-order valence-corrected chi connectivity index (χ1v) is 3.46. The maximum Gasteiger partial charge on any atom is 0.354 e. The molecule has 0 unspecified atom stereocenters. The summed E-state index contributed by atoms with van der Waals surface area (Å²) < 4.78 is 4.65. The Morgan fingerprint density at radius 3 is 3.08 bits per heavy atom. The molecule has 0 aliphatic carbocycles. The molecule has 1 aromatic rings. The summed E-state index contributed by atoms with van der Waals surface area (Å²) in [7, 11) is 0. The van der Waals surface area contributed by atoms with Gasteiger partial charge in [0.15, 0.2) is 0 Å². The zero-order valence-electron chi connectivity index (χ0n) is 6.53. The molecule has 1 N–H and O–H groups in total.